The first-order chi connectivity index (χ1) is 9.74. The fraction of sp³-hybridized carbons (Fsp3) is 0.375. The van der Waals surface area contributed by atoms with Crippen LogP contribution in [-0.4, -0.2) is 28.9 Å². The van der Waals surface area contributed by atoms with Gasteiger partial charge in [0, 0.05) is 30.6 Å². The summed E-state index contributed by atoms with van der Waals surface area (Å²) < 4.78 is 13.7. The minimum Gasteiger partial charge on any atom is -0.343 e. The monoisotopic (exact) mass is 272 g/mol. The molecule has 0 atom stereocenters. The van der Waals surface area contributed by atoms with E-state index in [4.69, 9.17) is 0 Å². The van der Waals surface area contributed by atoms with Gasteiger partial charge in [-0.3, -0.25) is 4.79 Å². The van der Waals surface area contributed by atoms with Gasteiger partial charge >= 0.3 is 0 Å². The molecule has 2 aromatic rings. The van der Waals surface area contributed by atoms with Gasteiger partial charge in [0.05, 0.1) is 0 Å². The summed E-state index contributed by atoms with van der Waals surface area (Å²) in [5, 5.41) is 0.791. The SMILES string of the molecule is O=C(CCc1ccc2cccc(F)c2n1)N1CCCC1. The Kier molecular flexibility index (Phi) is 3.63. The van der Waals surface area contributed by atoms with Crippen LogP contribution >= 0.6 is 0 Å². The molecule has 0 unspecified atom stereocenters. The standard InChI is InChI=1S/C16H17FN2O/c17-14-5-3-4-12-6-7-13(18-16(12)14)8-9-15(20)19-10-1-2-11-19/h3-7H,1-2,8-11H2. The maximum atomic E-state index is 13.7. The first kappa shape index (κ1) is 13.0. The van der Waals surface area contributed by atoms with Crippen molar-refractivity contribution in [2.75, 3.05) is 13.1 Å². The summed E-state index contributed by atoms with van der Waals surface area (Å²) in [5.41, 5.74) is 1.16. The molecule has 0 spiro atoms. The van der Waals surface area contributed by atoms with Crippen molar-refractivity contribution < 1.29 is 9.18 Å². The molecule has 1 aromatic heterocycles. The van der Waals surface area contributed by atoms with Crippen LogP contribution in [0.15, 0.2) is 30.3 Å². The van der Waals surface area contributed by atoms with E-state index in [1.807, 2.05) is 23.1 Å². The first-order valence-electron chi connectivity index (χ1n) is 7.06. The van der Waals surface area contributed by atoms with Crippen LogP contribution in [0.2, 0.25) is 0 Å². The van der Waals surface area contributed by atoms with Crippen LogP contribution < -0.4 is 0 Å². The third-order valence-electron chi connectivity index (χ3n) is 3.78. The van der Waals surface area contributed by atoms with Gasteiger partial charge in [-0.1, -0.05) is 18.2 Å². The van der Waals surface area contributed by atoms with E-state index in [9.17, 15) is 9.18 Å². The largest absolute Gasteiger partial charge is 0.343 e. The van der Waals surface area contributed by atoms with Crippen LogP contribution in [0, 0.1) is 5.82 Å². The van der Waals surface area contributed by atoms with E-state index in [2.05, 4.69) is 4.98 Å². The normalized spacial score (nSPS) is 14.9. The molecule has 1 amide bonds. The van der Waals surface area contributed by atoms with Crippen molar-refractivity contribution in [3.63, 3.8) is 0 Å². The van der Waals surface area contributed by atoms with Crippen LogP contribution in [0.1, 0.15) is 25.0 Å². The predicted molar refractivity (Wildman–Crippen MR) is 75.8 cm³/mol. The number of benzene rings is 1. The number of nitrogens with zero attached hydrogens (tertiary/aromatic N) is 2. The Morgan fingerprint density at radius 1 is 1.20 bits per heavy atom. The molecule has 1 aliphatic heterocycles. The Bertz CT molecular complexity index is 635. The van der Waals surface area contributed by atoms with Gasteiger partial charge in [-0.15, -0.1) is 0 Å². The predicted octanol–water partition coefficient (Wildman–Crippen LogP) is 2.93. The molecule has 0 radical (unpaired) electrons. The lowest BCUT2D eigenvalue weighted by molar-refractivity contribution is -0.130. The highest BCUT2D eigenvalue weighted by Gasteiger charge is 2.17. The number of rotatable bonds is 3. The Morgan fingerprint density at radius 3 is 2.80 bits per heavy atom. The molecule has 0 N–H and O–H groups in total. The second-order valence-electron chi connectivity index (χ2n) is 5.20. The first-order valence-corrected chi connectivity index (χ1v) is 7.06. The number of aromatic nitrogens is 1. The number of para-hydroxylation sites is 1. The number of halogens is 1. The van der Waals surface area contributed by atoms with Crippen molar-refractivity contribution in [1.29, 1.82) is 0 Å². The molecule has 1 fully saturated rings. The van der Waals surface area contributed by atoms with Crippen molar-refractivity contribution in [2.24, 2.45) is 0 Å². The zero-order valence-corrected chi connectivity index (χ0v) is 11.3. The molecule has 1 aromatic carbocycles. The van der Waals surface area contributed by atoms with E-state index in [0.717, 1.165) is 37.0 Å². The Hall–Kier alpha value is -1.97. The van der Waals surface area contributed by atoms with Gasteiger partial charge in [-0.2, -0.15) is 0 Å². The second-order valence-corrected chi connectivity index (χ2v) is 5.20. The molecule has 0 bridgehead atoms. The van der Waals surface area contributed by atoms with Crippen LogP contribution in [0.3, 0.4) is 0 Å². The van der Waals surface area contributed by atoms with Crippen LogP contribution in [-0.2, 0) is 11.2 Å². The smallest absolute Gasteiger partial charge is 0.222 e. The van der Waals surface area contributed by atoms with E-state index in [1.54, 1.807) is 6.07 Å². The number of aryl methyl sites for hydroxylation is 1. The molecular weight excluding hydrogens is 255 g/mol. The average Bonchev–Trinajstić information content (AvgIpc) is 3.00. The molecular formula is C16H17FN2O. The third kappa shape index (κ3) is 2.64. The lowest BCUT2D eigenvalue weighted by atomic mass is 10.1. The average molecular weight is 272 g/mol. The van der Waals surface area contributed by atoms with Crippen molar-refractivity contribution in [2.45, 2.75) is 25.7 Å². The molecule has 0 aliphatic carbocycles. The molecule has 4 heteroatoms. The van der Waals surface area contributed by atoms with Crippen LogP contribution in [0.25, 0.3) is 10.9 Å². The van der Waals surface area contributed by atoms with Crippen molar-refractivity contribution in [3.8, 4) is 0 Å². The Balaban J connectivity index is 1.71. The summed E-state index contributed by atoms with van der Waals surface area (Å²) in [6.45, 7) is 1.75. The highest BCUT2D eigenvalue weighted by Crippen LogP contribution is 2.17. The number of hydrogen-bond donors (Lipinski definition) is 0. The second kappa shape index (κ2) is 5.57. The summed E-state index contributed by atoms with van der Waals surface area (Å²) >= 11 is 0. The molecule has 104 valence electrons. The number of hydrogen-bond acceptors (Lipinski definition) is 2. The summed E-state index contributed by atoms with van der Waals surface area (Å²) in [7, 11) is 0. The highest BCUT2D eigenvalue weighted by atomic mass is 19.1. The van der Waals surface area contributed by atoms with Gasteiger partial charge < -0.3 is 4.90 Å². The number of fused-ring (bicyclic) bond motifs is 1. The molecule has 1 saturated heterocycles. The van der Waals surface area contributed by atoms with Gasteiger partial charge in [0.2, 0.25) is 5.91 Å². The van der Waals surface area contributed by atoms with Gasteiger partial charge in [-0.05, 0) is 31.4 Å². The summed E-state index contributed by atoms with van der Waals surface area (Å²) in [6, 6.07) is 8.66. The van der Waals surface area contributed by atoms with Crippen molar-refractivity contribution in [1.82, 2.24) is 9.88 Å². The van der Waals surface area contributed by atoms with E-state index >= 15 is 0 Å². The number of carbonyl (C=O) groups excluding carboxylic acids is 1. The molecule has 3 rings (SSSR count). The maximum absolute atomic E-state index is 13.7. The summed E-state index contributed by atoms with van der Waals surface area (Å²) in [6.07, 6.45) is 3.23. The number of likely N-dealkylation sites (tertiary alicyclic amines) is 1. The summed E-state index contributed by atoms with van der Waals surface area (Å²) in [4.78, 5) is 18.2. The van der Waals surface area contributed by atoms with E-state index in [-0.39, 0.29) is 11.7 Å². The van der Waals surface area contributed by atoms with Crippen molar-refractivity contribution in [3.05, 3.63) is 41.8 Å². The number of amides is 1. The zero-order chi connectivity index (χ0) is 13.9. The molecule has 0 saturated carbocycles. The minimum atomic E-state index is -0.310. The lowest BCUT2D eigenvalue weighted by Gasteiger charge is -2.14. The Labute approximate surface area is 117 Å². The molecule has 1 aliphatic rings. The van der Waals surface area contributed by atoms with Crippen LogP contribution in [0.4, 0.5) is 4.39 Å². The van der Waals surface area contributed by atoms with Gasteiger partial charge in [-0.25, -0.2) is 9.37 Å². The van der Waals surface area contributed by atoms with Gasteiger partial charge in [0.1, 0.15) is 11.3 Å². The van der Waals surface area contributed by atoms with E-state index in [1.165, 1.54) is 6.07 Å². The zero-order valence-electron chi connectivity index (χ0n) is 11.3. The topological polar surface area (TPSA) is 33.2 Å². The summed E-state index contributed by atoms with van der Waals surface area (Å²) in [5.74, 6) is -0.131. The number of pyridine rings is 1. The Morgan fingerprint density at radius 2 is 2.00 bits per heavy atom. The van der Waals surface area contributed by atoms with E-state index in [0.29, 0.717) is 18.4 Å². The number of carbonyl (C=O) groups is 1. The molecule has 20 heavy (non-hydrogen) atoms. The van der Waals surface area contributed by atoms with Gasteiger partial charge in [0.15, 0.2) is 0 Å². The molecule has 3 nitrogen and oxygen atoms in total. The maximum Gasteiger partial charge on any atom is 0.222 e. The van der Waals surface area contributed by atoms with Gasteiger partial charge in [0.25, 0.3) is 0 Å². The molecule has 2 heterocycles. The minimum absolute atomic E-state index is 0.179. The fourth-order valence-corrected chi connectivity index (χ4v) is 2.65. The lowest BCUT2D eigenvalue weighted by Crippen LogP contribution is -2.27. The van der Waals surface area contributed by atoms with Crippen molar-refractivity contribution >= 4 is 16.8 Å². The fourth-order valence-electron chi connectivity index (χ4n) is 2.65. The quantitative estimate of drug-likeness (QED) is 0.860. The third-order valence-corrected chi connectivity index (χ3v) is 3.78. The highest BCUT2D eigenvalue weighted by molar-refractivity contribution is 5.79. The van der Waals surface area contributed by atoms with E-state index < -0.39 is 0 Å². The van der Waals surface area contributed by atoms with Crippen LogP contribution in [0.5, 0.6) is 0 Å².